The van der Waals surface area contributed by atoms with E-state index in [4.69, 9.17) is 5.11 Å². The standard InChI is InChI=1S/C14H19NO2/c1-10-2-3-12(8-10)11-4-6-13(7-5-11)15-9-14(16)17/h4-7,10,12,15H,2-3,8-9H2,1H3,(H,16,17)/t10?,12-/m1/s1. The largest absolute Gasteiger partial charge is 0.480 e. The number of aliphatic carboxylic acids is 1. The van der Waals surface area contributed by atoms with Crippen LogP contribution in [0.4, 0.5) is 5.69 Å². The lowest BCUT2D eigenvalue weighted by Gasteiger charge is -2.11. The highest BCUT2D eigenvalue weighted by Gasteiger charge is 2.22. The lowest BCUT2D eigenvalue weighted by molar-refractivity contribution is -0.134. The zero-order chi connectivity index (χ0) is 12.3. The van der Waals surface area contributed by atoms with E-state index in [1.807, 2.05) is 12.1 Å². The molecule has 0 saturated heterocycles. The Morgan fingerprint density at radius 3 is 2.59 bits per heavy atom. The summed E-state index contributed by atoms with van der Waals surface area (Å²) in [7, 11) is 0. The molecule has 1 unspecified atom stereocenters. The Kier molecular flexibility index (Phi) is 3.67. The van der Waals surface area contributed by atoms with Crippen molar-refractivity contribution in [1.29, 1.82) is 0 Å². The topological polar surface area (TPSA) is 49.3 Å². The van der Waals surface area contributed by atoms with Crippen LogP contribution in [-0.4, -0.2) is 17.6 Å². The van der Waals surface area contributed by atoms with Crippen LogP contribution in [0.25, 0.3) is 0 Å². The number of carboxylic acid groups (broad SMARTS) is 1. The van der Waals surface area contributed by atoms with Crippen molar-refractivity contribution in [2.24, 2.45) is 5.92 Å². The monoisotopic (exact) mass is 233 g/mol. The molecule has 2 N–H and O–H groups in total. The van der Waals surface area contributed by atoms with Crippen LogP contribution in [0.2, 0.25) is 0 Å². The van der Waals surface area contributed by atoms with Crippen LogP contribution in [0.3, 0.4) is 0 Å². The minimum absolute atomic E-state index is 0.0280. The minimum atomic E-state index is -0.835. The van der Waals surface area contributed by atoms with Crippen molar-refractivity contribution in [3.63, 3.8) is 0 Å². The zero-order valence-corrected chi connectivity index (χ0v) is 10.1. The van der Waals surface area contributed by atoms with E-state index in [1.165, 1.54) is 24.8 Å². The predicted molar refractivity (Wildman–Crippen MR) is 68.3 cm³/mol. The van der Waals surface area contributed by atoms with Gasteiger partial charge < -0.3 is 10.4 Å². The van der Waals surface area contributed by atoms with Crippen LogP contribution < -0.4 is 5.32 Å². The van der Waals surface area contributed by atoms with Crippen LogP contribution >= 0.6 is 0 Å². The van der Waals surface area contributed by atoms with E-state index in [0.29, 0.717) is 5.92 Å². The molecular formula is C14H19NO2. The fourth-order valence-electron chi connectivity index (χ4n) is 2.56. The van der Waals surface area contributed by atoms with Crippen LogP contribution in [-0.2, 0) is 4.79 Å². The SMILES string of the molecule is CC1CC[C@@H](c2ccc(NCC(=O)O)cc2)C1. The summed E-state index contributed by atoms with van der Waals surface area (Å²) in [5.41, 5.74) is 2.26. The number of carboxylic acids is 1. The van der Waals surface area contributed by atoms with E-state index in [9.17, 15) is 4.79 Å². The summed E-state index contributed by atoms with van der Waals surface area (Å²) < 4.78 is 0. The molecule has 0 spiro atoms. The van der Waals surface area contributed by atoms with Crippen molar-refractivity contribution in [3.8, 4) is 0 Å². The van der Waals surface area contributed by atoms with Gasteiger partial charge in [0.05, 0.1) is 0 Å². The lowest BCUT2D eigenvalue weighted by Crippen LogP contribution is -2.12. The van der Waals surface area contributed by atoms with Crippen molar-refractivity contribution in [2.75, 3.05) is 11.9 Å². The number of rotatable bonds is 4. The van der Waals surface area contributed by atoms with Gasteiger partial charge in [-0.25, -0.2) is 0 Å². The molecule has 1 fully saturated rings. The van der Waals surface area contributed by atoms with Gasteiger partial charge in [0.25, 0.3) is 0 Å². The third-order valence-electron chi connectivity index (χ3n) is 3.52. The first-order valence-corrected chi connectivity index (χ1v) is 6.21. The first-order valence-electron chi connectivity index (χ1n) is 6.21. The third-order valence-corrected chi connectivity index (χ3v) is 3.52. The molecule has 2 rings (SSSR count). The molecule has 0 aromatic heterocycles. The maximum absolute atomic E-state index is 10.4. The quantitative estimate of drug-likeness (QED) is 0.840. The number of nitrogens with one attached hydrogen (secondary N) is 1. The molecule has 0 radical (unpaired) electrons. The van der Waals surface area contributed by atoms with Crippen molar-refractivity contribution >= 4 is 11.7 Å². The Labute approximate surface area is 102 Å². The molecule has 3 heteroatoms. The number of anilines is 1. The molecule has 1 aromatic rings. The Bertz CT molecular complexity index is 386. The van der Waals surface area contributed by atoms with Crippen molar-refractivity contribution in [3.05, 3.63) is 29.8 Å². The van der Waals surface area contributed by atoms with Gasteiger partial charge in [0.2, 0.25) is 0 Å². The molecule has 0 aliphatic heterocycles. The molecular weight excluding hydrogens is 214 g/mol. The van der Waals surface area contributed by atoms with Gasteiger partial charge in [0.1, 0.15) is 6.54 Å². The van der Waals surface area contributed by atoms with Crippen LogP contribution in [0.15, 0.2) is 24.3 Å². The molecule has 3 nitrogen and oxygen atoms in total. The summed E-state index contributed by atoms with van der Waals surface area (Å²) in [6.45, 7) is 2.28. The molecule has 0 heterocycles. The lowest BCUT2D eigenvalue weighted by atomic mass is 9.96. The second-order valence-corrected chi connectivity index (χ2v) is 4.98. The van der Waals surface area contributed by atoms with Gasteiger partial charge in [0, 0.05) is 5.69 Å². The van der Waals surface area contributed by atoms with Crippen molar-refractivity contribution < 1.29 is 9.90 Å². The molecule has 92 valence electrons. The van der Waals surface area contributed by atoms with E-state index in [1.54, 1.807) is 0 Å². The van der Waals surface area contributed by atoms with Gasteiger partial charge in [-0.1, -0.05) is 25.5 Å². The van der Waals surface area contributed by atoms with Crippen LogP contribution in [0.1, 0.15) is 37.7 Å². The molecule has 1 aromatic carbocycles. The van der Waals surface area contributed by atoms with E-state index in [2.05, 4.69) is 24.4 Å². The van der Waals surface area contributed by atoms with Crippen LogP contribution in [0.5, 0.6) is 0 Å². The summed E-state index contributed by atoms with van der Waals surface area (Å²) in [6.07, 6.45) is 3.88. The molecule has 0 amide bonds. The van der Waals surface area contributed by atoms with Gasteiger partial charge in [0.15, 0.2) is 0 Å². The Morgan fingerprint density at radius 2 is 2.06 bits per heavy atom. The van der Waals surface area contributed by atoms with E-state index in [-0.39, 0.29) is 6.54 Å². The summed E-state index contributed by atoms with van der Waals surface area (Å²) in [5, 5.41) is 11.4. The maximum Gasteiger partial charge on any atom is 0.322 e. The minimum Gasteiger partial charge on any atom is -0.480 e. The van der Waals surface area contributed by atoms with Crippen molar-refractivity contribution in [2.45, 2.75) is 32.1 Å². The number of hydrogen-bond donors (Lipinski definition) is 2. The normalized spacial score (nSPS) is 23.6. The van der Waals surface area contributed by atoms with Crippen LogP contribution in [0, 0.1) is 5.92 Å². The fraction of sp³-hybridized carbons (Fsp3) is 0.500. The predicted octanol–water partition coefficient (Wildman–Crippen LogP) is 3.09. The second-order valence-electron chi connectivity index (χ2n) is 4.98. The molecule has 17 heavy (non-hydrogen) atoms. The summed E-state index contributed by atoms with van der Waals surface area (Å²) >= 11 is 0. The second kappa shape index (κ2) is 5.21. The smallest absolute Gasteiger partial charge is 0.322 e. The molecule has 1 aliphatic carbocycles. The molecule has 0 bridgehead atoms. The van der Waals surface area contributed by atoms with Crippen molar-refractivity contribution in [1.82, 2.24) is 0 Å². The van der Waals surface area contributed by atoms with Gasteiger partial charge >= 0.3 is 5.97 Å². The van der Waals surface area contributed by atoms with Gasteiger partial charge in [-0.2, -0.15) is 0 Å². The average Bonchev–Trinajstić information content (AvgIpc) is 2.74. The highest BCUT2D eigenvalue weighted by molar-refractivity contribution is 5.72. The summed E-state index contributed by atoms with van der Waals surface area (Å²) in [6, 6.07) is 8.18. The highest BCUT2D eigenvalue weighted by atomic mass is 16.4. The Morgan fingerprint density at radius 1 is 1.35 bits per heavy atom. The summed E-state index contributed by atoms with van der Waals surface area (Å²) in [5.74, 6) is 0.696. The van der Waals surface area contributed by atoms with E-state index >= 15 is 0 Å². The molecule has 1 saturated carbocycles. The van der Waals surface area contributed by atoms with Gasteiger partial charge in [-0.05, 0) is 42.4 Å². The number of carbonyl (C=O) groups is 1. The Hall–Kier alpha value is -1.51. The first kappa shape index (κ1) is 12.0. The van der Waals surface area contributed by atoms with Gasteiger partial charge in [-0.3, -0.25) is 4.79 Å². The number of hydrogen-bond acceptors (Lipinski definition) is 2. The average molecular weight is 233 g/mol. The van der Waals surface area contributed by atoms with E-state index < -0.39 is 5.97 Å². The zero-order valence-electron chi connectivity index (χ0n) is 10.1. The van der Waals surface area contributed by atoms with E-state index in [0.717, 1.165) is 11.6 Å². The highest BCUT2D eigenvalue weighted by Crippen LogP contribution is 2.38. The maximum atomic E-state index is 10.4. The molecule has 1 aliphatic rings. The summed E-state index contributed by atoms with van der Waals surface area (Å²) in [4.78, 5) is 10.4. The number of benzene rings is 1. The Balaban J connectivity index is 1.95. The van der Waals surface area contributed by atoms with Gasteiger partial charge in [-0.15, -0.1) is 0 Å². The fourth-order valence-corrected chi connectivity index (χ4v) is 2.56. The molecule has 2 atom stereocenters. The first-order chi connectivity index (χ1) is 8.15. The third kappa shape index (κ3) is 3.22.